The van der Waals surface area contributed by atoms with Crippen molar-refractivity contribution < 1.29 is 27.2 Å². The molecule has 31 heavy (non-hydrogen) atoms. The number of methoxy groups -OCH3 is 3. The van der Waals surface area contributed by atoms with Gasteiger partial charge in [0.15, 0.2) is 16.3 Å². The number of hydrogen-bond donors (Lipinski definition) is 1. The summed E-state index contributed by atoms with van der Waals surface area (Å²) in [6, 6.07) is 13.7. The Balaban J connectivity index is 1.82. The molecule has 9 nitrogen and oxygen atoms in total. The van der Waals surface area contributed by atoms with Gasteiger partial charge in [-0.3, -0.25) is 9.71 Å². The van der Waals surface area contributed by atoms with E-state index in [1.54, 1.807) is 24.4 Å². The summed E-state index contributed by atoms with van der Waals surface area (Å²) in [5.74, 6) is 0.615. The van der Waals surface area contributed by atoms with Gasteiger partial charge < -0.3 is 18.7 Å². The van der Waals surface area contributed by atoms with Crippen LogP contribution < -0.4 is 18.9 Å². The van der Waals surface area contributed by atoms with E-state index in [1.165, 1.54) is 33.5 Å². The molecule has 160 valence electrons. The van der Waals surface area contributed by atoms with Gasteiger partial charge in [0.1, 0.15) is 22.6 Å². The lowest BCUT2D eigenvalue weighted by molar-refractivity contribution is 0.373. The van der Waals surface area contributed by atoms with Gasteiger partial charge in [0, 0.05) is 11.8 Å². The first-order chi connectivity index (χ1) is 15.0. The van der Waals surface area contributed by atoms with Crippen molar-refractivity contribution in [3.05, 3.63) is 54.7 Å². The molecule has 0 aliphatic carbocycles. The molecule has 0 radical (unpaired) electrons. The number of rotatable bonds is 7. The molecular weight excluding hydrogens is 422 g/mol. The summed E-state index contributed by atoms with van der Waals surface area (Å²) in [7, 11) is 0.0927. The fourth-order valence-corrected chi connectivity index (χ4v) is 4.54. The minimum absolute atomic E-state index is 0.0209. The van der Waals surface area contributed by atoms with Gasteiger partial charge >= 0.3 is 0 Å². The van der Waals surface area contributed by atoms with E-state index in [0.717, 1.165) is 5.56 Å². The first-order valence-corrected chi connectivity index (χ1v) is 10.6. The molecule has 0 bridgehead atoms. The van der Waals surface area contributed by atoms with Crippen LogP contribution in [-0.4, -0.2) is 39.9 Å². The first-order valence-electron chi connectivity index (χ1n) is 9.11. The maximum atomic E-state index is 13.2. The topological polar surface area (TPSA) is 113 Å². The summed E-state index contributed by atoms with van der Waals surface area (Å²) in [4.78, 5) is 4.17. The van der Waals surface area contributed by atoms with Crippen LogP contribution in [0, 0.1) is 0 Å². The van der Waals surface area contributed by atoms with Crippen molar-refractivity contribution in [3.63, 3.8) is 0 Å². The van der Waals surface area contributed by atoms with Crippen LogP contribution in [0.5, 0.6) is 17.2 Å². The second kappa shape index (κ2) is 8.15. The summed E-state index contributed by atoms with van der Waals surface area (Å²) in [6.45, 7) is 0. The third kappa shape index (κ3) is 3.73. The lowest BCUT2D eigenvalue weighted by Gasteiger charge is -2.14. The largest absolute Gasteiger partial charge is 0.496 e. The Morgan fingerprint density at radius 1 is 0.903 bits per heavy atom. The highest BCUT2D eigenvalue weighted by atomic mass is 32.2. The van der Waals surface area contributed by atoms with Crippen LogP contribution in [0.15, 0.2) is 64.1 Å². The molecule has 10 heteroatoms. The molecule has 0 aliphatic heterocycles. The van der Waals surface area contributed by atoms with E-state index in [4.69, 9.17) is 18.7 Å². The second-order valence-electron chi connectivity index (χ2n) is 6.39. The molecule has 2 aromatic carbocycles. The average Bonchev–Trinajstić information content (AvgIpc) is 3.20. The van der Waals surface area contributed by atoms with Crippen LogP contribution in [0.2, 0.25) is 0 Å². The normalized spacial score (nSPS) is 11.3. The Hall–Kier alpha value is -3.79. The summed E-state index contributed by atoms with van der Waals surface area (Å²) in [5, 5.41) is 4.29. The Morgan fingerprint density at radius 3 is 2.23 bits per heavy atom. The molecule has 0 saturated heterocycles. The third-order valence-corrected chi connectivity index (χ3v) is 6.00. The van der Waals surface area contributed by atoms with Crippen LogP contribution in [0.25, 0.3) is 22.2 Å². The molecule has 2 heterocycles. The van der Waals surface area contributed by atoms with E-state index in [1.807, 2.05) is 18.2 Å². The van der Waals surface area contributed by atoms with E-state index in [2.05, 4.69) is 14.9 Å². The van der Waals surface area contributed by atoms with Crippen molar-refractivity contribution in [2.75, 3.05) is 26.1 Å². The smallest absolute Gasteiger partial charge is 0.270 e. The molecule has 0 spiro atoms. The van der Waals surface area contributed by atoms with Crippen molar-refractivity contribution >= 4 is 26.8 Å². The molecular formula is C21H19N3O6S. The zero-order valence-corrected chi connectivity index (χ0v) is 17.8. The molecule has 0 atom stereocenters. The highest BCUT2D eigenvalue weighted by Crippen LogP contribution is 2.39. The van der Waals surface area contributed by atoms with E-state index >= 15 is 0 Å². The monoisotopic (exact) mass is 441 g/mol. The number of sulfonamides is 1. The van der Waals surface area contributed by atoms with Crippen LogP contribution in [-0.2, 0) is 10.0 Å². The Bertz CT molecular complexity index is 1310. The zero-order chi connectivity index (χ0) is 22.0. The van der Waals surface area contributed by atoms with Crippen LogP contribution in [0.4, 0.5) is 5.82 Å². The standard InChI is InChI=1S/C21H19N3O6S/c1-27-15-8-6-9-16(28-2)20(15)31(25,26)24-21-19-17(29-3)11-13(12-18(19)30-23-21)14-7-4-5-10-22-14/h4-12H,1-3H3,(H,23,24). The number of aromatic nitrogens is 2. The lowest BCUT2D eigenvalue weighted by atomic mass is 10.1. The molecule has 0 aliphatic rings. The maximum Gasteiger partial charge on any atom is 0.270 e. The highest BCUT2D eigenvalue weighted by Gasteiger charge is 2.28. The van der Waals surface area contributed by atoms with E-state index in [0.29, 0.717) is 22.4 Å². The molecule has 0 amide bonds. The van der Waals surface area contributed by atoms with Gasteiger partial charge in [-0.1, -0.05) is 17.3 Å². The minimum atomic E-state index is -4.14. The number of benzene rings is 2. The molecule has 4 rings (SSSR count). The van der Waals surface area contributed by atoms with Crippen molar-refractivity contribution in [2.24, 2.45) is 0 Å². The predicted octanol–water partition coefficient (Wildman–Crippen LogP) is 3.72. The lowest BCUT2D eigenvalue weighted by Crippen LogP contribution is -2.15. The predicted molar refractivity (Wildman–Crippen MR) is 114 cm³/mol. The number of pyridine rings is 1. The Labute approximate surface area is 178 Å². The van der Waals surface area contributed by atoms with E-state index < -0.39 is 10.0 Å². The molecule has 0 fully saturated rings. The number of nitrogens with zero attached hydrogens (tertiary/aromatic N) is 2. The van der Waals surface area contributed by atoms with Crippen LogP contribution in [0.1, 0.15) is 0 Å². The molecule has 0 saturated carbocycles. The Morgan fingerprint density at radius 2 is 1.61 bits per heavy atom. The van der Waals surface area contributed by atoms with Gasteiger partial charge in [0.05, 0.1) is 27.0 Å². The molecule has 4 aromatic rings. The van der Waals surface area contributed by atoms with Gasteiger partial charge in [0.25, 0.3) is 10.0 Å². The third-order valence-electron chi connectivity index (χ3n) is 4.60. The van der Waals surface area contributed by atoms with Gasteiger partial charge in [-0.05, 0) is 36.4 Å². The van der Waals surface area contributed by atoms with E-state index in [9.17, 15) is 8.42 Å². The minimum Gasteiger partial charge on any atom is -0.496 e. The number of anilines is 1. The summed E-state index contributed by atoms with van der Waals surface area (Å²) in [5.41, 5.74) is 1.78. The van der Waals surface area contributed by atoms with Crippen LogP contribution in [0.3, 0.4) is 0 Å². The van der Waals surface area contributed by atoms with Gasteiger partial charge in [-0.25, -0.2) is 8.42 Å². The first kappa shape index (κ1) is 20.5. The zero-order valence-electron chi connectivity index (χ0n) is 16.9. The van der Waals surface area contributed by atoms with Gasteiger partial charge in [-0.2, -0.15) is 0 Å². The van der Waals surface area contributed by atoms with Crippen molar-refractivity contribution in [2.45, 2.75) is 4.90 Å². The fraction of sp³-hybridized carbons (Fsp3) is 0.143. The summed E-state index contributed by atoms with van der Waals surface area (Å²) >= 11 is 0. The Kier molecular flexibility index (Phi) is 5.38. The number of ether oxygens (including phenoxy) is 3. The van der Waals surface area contributed by atoms with E-state index in [-0.39, 0.29) is 22.2 Å². The number of fused-ring (bicyclic) bond motifs is 1. The average molecular weight is 441 g/mol. The van der Waals surface area contributed by atoms with Gasteiger partial charge in [0.2, 0.25) is 0 Å². The molecule has 2 aromatic heterocycles. The number of nitrogens with one attached hydrogen (secondary N) is 1. The quantitative estimate of drug-likeness (QED) is 0.462. The highest BCUT2D eigenvalue weighted by molar-refractivity contribution is 7.93. The fourth-order valence-electron chi connectivity index (χ4n) is 3.21. The van der Waals surface area contributed by atoms with Crippen molar-refractivity contribution in [1.82, 2.24) is 10.1 Å². The van der Waals surface area contributed by atoms with Crippen molar-refractivity contribution in [1.29, 1.82) is 0 Å². The number of hydrogen-bond acceptors (Lipinski definition) is 8. The molecule has 1 N–H and O–H groups in total. The molecule has 0 unspecified atom stereocenters. The second-order valence-corrected chi connectivity index (χ2v) is 8.01. The summed E-state index contributed by atoms with van der Waals surface area (Å²) < 4.78 is 50.1. The van der Waals surface area contributed by atoms with Crippen LogP contribution >= 0.6 is 0 Å². The van der Waals surface area contributed by atoms with Gasteiger partial charge in [-0.15, -0.1) is 0 Å². The maximum absolute atomic E-state index is 13.2. The van der Waals surface area contributed by atoms with Crippen molar-refractivity contribution in [3.8, 4) is 28.5 Å². The SMILES string of the molecule is COc1cccc(OC)c1S(=O)(=O)Nc1noc2cc(-c3ccccn3)cc(OC)c12. The summed E-state index contributed by atoms with van der Waals surface area (Å²) in [6.07, 6.45) is 1.67.